The third-order valence-corrected chi connectivity index (χ3v) is 5.41. The molecule has 29 heavy (non-hydrogen) atoms. The van der Waals surface area contributed by atoms with Gasteiger partial charge in [0.25, 0.3) is 0 Å². The van der Waals surface area contributed by atoms with Gasteiger partial charge in [0.2, 0.25) is 5.91 Å². The molecule has 1 aliphatic rings. The molecular weight excluding hydrogens is 369 g/mol. The van der Waals surface area contributed by atoms with Crippen molar-refractivity contribution in [2.75, 3.05) is 13.1 Å². The molecule has 2 aromatic heterocycles. The monoisotopic (exact) mass is 393 g/mol. The number of carbonyl (C=O) groups is 1. The predicted molar refractivity (Wildman–Crippen MR) is 107 cm³/mol. The molecule has 150 valence electrons. The van der Waals surface area contributed by atoms with Gasteiger partial charge in [-0.1, -0.05) is 12.1 Å². The number of piperidine rings is 1. The van der Waals surface area contributed by atoms with Crippen molar-refractivity contribution in [3.63, 3.8) is 0 Å². The van der Waals surface area contributed by atoms with Crippen LogP contribution in [0.2, 0.25) is 0 Å². The van der Waals surface area contributed by atoms with Crippen LogP contribution in [0.25, 0.3) is 11.5 Å². The fraction of sp³-hybridized carbons (Fsp3) is 0.364. The smallest absolute Gasteiger partial charge is 0.226 e. The van der Waals surface area contributed by atoms with Crippen molar-refractivity contribution in [2.45, 2.75) is 25.7 Å². The first-order valence-corrected chi connectivity index (χ1v) is 9.89. The Morgan fingerprint density at radius 1 is 1.21 bits per heavy atom. The van der Waals surface area contributed by atoms with Gasteiger partial charge in [0.15, 0.2) is 5.82 Å². The molecule has 1 aromatic carbocycles. The van der Waals surface area contributed by atoms with E-state index in [9.17, 15) is 9.18 Å². The zero-order chi connectivity index (χ0) is 20.2. The minimum Gasteiger partial charge on any atom is -0.342 e. The summed E-state index contributed by atoms with van der Waals surface area (Å²) in [5, 5.41) is 0. The van der Waals surface area contributed by atoms with E-state index in [1.165, 1.54) is 12.1 Å². The van der Waals surface area contributed by atoms with Gasteiger partial charge in [-0.05, 0) is 48.9 Å². The van der Waals surface area contributed by atoms with E-state index in [4.69, 9.17) is 0 Å². The van der Waals surface area contributed by atoms with Crippen LogP contribution in [0.15, 0.2) is 49.1 Å². The van der Waals surface area contributed by atoms with E-state index in [0.29, 0.717) is 12.3 Å². The molecule has 6 nitrogen and oxygen atoms in total. The number of amides is 1. The van der Waals surface area contributed by atoms with E-state index >= 15 is 0 Å². The van der Waals surface area contributed by atoms with E-state index in [2.05, 4.69) is 15.0 Å². The Morgan fingerprint density at radius 3 is 2.79 bits per heavy atom. The maximum Gasteiger partial charge on any atom is 0.226 e. The molecule has 7 heteroatoms. The number of rotatable bonds is 5. The summed E-state index contributed by atoms with van der Waals surface area (Å²) in [5.74, 6) is 0.991. The molecule has 0 saturated carbocycles. The molecule has 1 atom stereocenters. The van der Waals surface area contributed by atoms with Gasteiger partial charge in [-0.2, -0.15) is 0 Å². The Morgan fingerprint density at radius 2 is 2.03 bits per heavy atom. The summed E-state index contributed by atoms with van der Waals surface area (Å²) in [5.41, 5.74) is 2.62. The van der Waals surface area contributed by atoms with E-state index < -0.39 is 0 Å². The van der Waals surface area contributed by atoms with Gasteiger partial charge in [-0.25, -0.2) is 19.3 Å². The summed E-state index contributed by atoms with van der Waals surface area (Å²) < 4.78 is 15.0. The first kappa shape index (κ1) is 19.2. The molecule has 1 saturated heterocycles. The van der Waals surface area contributed by atoms with Gasteiger partial charge < -0.3 is 9.47 Å². The fourth-order valence-corrected chi connectivity index (χ4v) is 3.89. The lowest BCUT2D eigenvalue weighted by Crippen LogP contribution is -2.41. The van der Waals surface area contributed by atoms with Crippen molar-refractivity contribution in [3.05, 3.63) is 66.1 Å². The second-order valence-electron chi connectivity index (χ2n) is 7.61. The topological polar surface area (TPSA) is 63.9 Å². The van der Waals surface area contributed by atoms with Crippen molar-refractivity contribution < 1.29 is 9.18 Å². The standard InChI is InChI=1S/C22H24FN5O/c1-27-10-8-24-22(27)20-13-19(25-15-26-20)11-17-3-2-9-28(14-17)21(29)12-16-4-6-18(23)7-5-16/h4-8,10,13,15,17H,2-3,9,11-12,14H2,1H3/t17-/m0/s1. The van der Waals surface area contributed by atoms with Crippen LogP contribution in [0.1, 0.15) is 24.1 Å². The number of aryl methyl sites for hydroxylation is 1. The van der Waals surface area contributed by atoms with E-state index in [0.717, 1.165) is 55.1 Å². The lowest BCUT2D eigenvalue weighted by molar-refractivity contribution is -0.132. The average Bonchev–Trinajstić information content (AvgIpc) is 3.16. The number of benzene rings is 1. The minimum absolute atomic E-state index is 0.0951. The van der Waals surface area contributed by atoms with Crippen LogP contribution in [0.4, 0.5) is 4.39 Å². The van der Waals surface area contributed by atoms with Crippen molar-refractivity contribution in [3.8, 4) is 11.5 Å². The van der Waals surface area contributed by atoms with Gasteiger partial charge >= 0.3 is 0 Å². The van der Waals surface area contributed by atoms with Gasteiger partial charge in [0.1, 0.15) is 17.8 Å². The number of likely N-dealkylation sites (tertiary alicyclic amines) is 1. The Hall–Kier alpha value is -3.09. The summed E-state index contributed by atoms with van der Waals surface area (Å²) in [7, 11) is 1.94. The fourth-order valence-electron chi connectivity index (χ4n) is 3.89. The molecule has 1 aliphatic heterocycles. The van der Waals surface area contributed by atoms with Crippen LogP contribution >= 0.6 is 0 Å². The second-order valence-corrected chi connectivity index (χ2v) is 7.61. The number of aromatic nitrogens is 4. The molecule has 1 amide bonds. The lowest BCUT2D eigenvalue weighted by Gasteiger charge is -2.33. The van der Waals surface area contributed by atoms with Crippen LogP contribution in [0.3, 0.4) is 0 Å². The number of imidazole rings is 1. The number of carbonyl (C=O) groups excluding carboxylic acids is 1. The third-order valence-electron chi connectivity index (χ3n) is 5.41. The Labute approximate surface area is 169 Å². The van der Waals surface area contributed by atoms with E-state index in [-0.39, 0.29) is 11.7 Å². The SMILES string of the molecule is Cn1ccnc1-c1cc(C[C@@H]2CCCN(C(=O)Cc3ccc(F)cc3)C2)ncn1. The van der Waals surface area contributed by atoms with Crippen LogP contribution in [-0.4, -0.2) is 43.4 Å². The van der Waals surface area contributed by atoms with E-state index in [1.807, 2.05) is 28.8 Å². The minimum atomic E-state index is -0.283. The summed E-state index contributed by atoms with van der Waals surface area (Å²) in [6.45, 7) is 1.50. The number of halogens is 1. The predicted octanol–water partition coefficient (Wildman–Crippen LogP) is 3.04. The first-order valence-electron chi connectivity index (χ1n) is 9.89. The van der Waals surface area contributed by atoms with E-state index in [1.54, 1.807) is 24.7 Å². The number of nitrogens with zero attached hydrogens (tertiary/aromatic N) is 5. The quantitative estimate of drug-likeness (QED) is 0.668. The van der Waals surface area contributed by atoms with Crippen molar-refractivity contribution in [1.82, 2.24) is 24.4 Å². The largest absolute Gasteiger partial charge is 0.342 e. The average molecular weight is 393 g/mol. The van der Waals surface area contributed by atoms with Crippen LogP contribution in [0, 0.1) is 11.7 Å². The molecule has 0 aliphatic carbocycles. The van der Waals surface area contributed by atoms with Crippen LogP contribution in [0.5, 0.6) is 0 Å². The van der Waals surface area contributed by atoms with Crippen LogP contribution < -0.4 is 0 Å². The highest BCUT2D eigenvalue weighted by molar-refractivity contribution is 5.78. The van der Waals surface area contributed by atoms with Gasteiger partial charge in [-0.3, -0.25) is 4.79 Å². The molecule has 0 spiro atoms. The Bertz CT molecular complexity index is 985. The van der Waals surface area contributed by atoms with Gasteiger partial charge in [0.05, 0.1) is 6.42 Å². The second kappa shape index (κ2) is 8.51. The van der Waals surface area contributed by atoms with Crippen molar-refractivity contribution in [2.24, 2.45) is 13.0 Å². The summed E-state index contributed by atoms with van der Waals surface area (Å²) >= 11 is 0. The highest BCUT2D eigenvalue weighted by atomic mass is 19.1. The zero-order valence-corrected chi connectivity index (χ0v) is 16.5. The maximum atomic E-state index is 13.1. The first-order chi connectivity index (χ1) is 14.1. The van der Waals surface area contributed by atoms with Crippen LogP contribution in [-0.2, 0) is 24.7 Å². The van der Waals surface area contributed by atoms with Crippen molar-refractivity contribution >= 4 is 5.91 Å². The molecule has 3 aromatic rings. The summed E-state index contributed by atoms with van der Waals surface area (Å²) in [4.78, 5) is 27.8. The zero-order valence-electron chi connectivity index (χ0n) is 16.5. The molecule has 0 unspecified atom stereocenters. The number of hydrogen-bond donors (Lipinski definition) is 0. The van der Waals surface area contributed by atoms with Crippen molar-refractivity contribution in [1.29, 1.82) is 0 Å². The Balaban J connectivity index is 1.39. The highest BCUT2D eigenvalue weighted by Crippen LogP contribution is 2.22. The molecule has 4 rings (SSSR count). The molecule has 3 heterocycles. The maximum absolute atomic E-state index is 13.1. The lowest BCUT2D eigenvalue weighted by atomic mass is 9.92. The number of hydrogen-bond acceptors (Lipinski definition) is 4. The molecule has 0 bridgehead atoms. The van der Waals surface area contributed by atoms with Gasteiger partial charge in [0, 0.05) is 38.2 Å². The summed E-state index contributed by atoms with van der Waals surface area (Å²) in [6, 6.07) is 8.14. The molecule has 1 fully saturated rings. The molecule has 0 N–H and O–H groups in total. The summed E-state index contributed by atoms with van der Waals surface area (Å²) in [6.07, 6.45) is 8.40. The van der Waals surface area contributed by atoms with Gasteiger partial charge in [-0.15, -0.1) is 0 Å². The Kier molecular flexibility index (Phi) is 5.64. The molecule has 0 radical (unpaired) electrons. The third kappa shape index (κ3) is 4.67. The highest BCUT2D eigenvalue weighted by Gasteiger charge is 2.24. The normalized spacial score (nSPS) is 16.8. The molecular formula is C22H24FN5O.